The molecule has 0 bridgehead atoms. The molecule has 2 heterocycles. The average Bonchev–Trinajstić information content (AvgIpc) is 3.53. The second-order valence-corrected chi connectivity index (χ2v) is 10.2. The monoisotopic (exact) mass is 499 g/mol. The van der Waals surface area contributed by atoms with E-state index >= 15 is 0 Å². The van der Waals surface area contributed by atoms with Crippen LogP contribution < -0.4 is 0 Å². The highest BCUT2D eigenvalue weighted by Gasteiger charge is 2.19. The van der Waals surface area contributed by atoms with Crippen LogP contribution in [0, 0.1) is 6.92 Å². The second kappa shape index (κ2) is 8.47. The molecule has 6 aromatic carbocycles. The molecule has 0 saturated heterocycles. The number of aromatic nitrogens is 1. The third-order valence-electron chi connectivity index (χ3n) is 7.88. The molecule has 39 heavy (non-hydrogen) atoms. The fourth-order valence-electron chi connectivity index (χ4n) is 6.15. The minimum Gasteiger partial charge on any atom is -0.455 e. The van der Waals surface area contributed by atoms with Crippen molar-refractivity contribution in [3.8, 4) is 27.9 Å². The van der Waals surface area contributed by atoms with Gasteiger partial charge >= 0.3 is 0 Å². The van der Waals surface area contributed by atoms with Gasteiger partial charge in [-0.15, -0.1) is 0 Å². The summed E-state index contributed by atoms with van der Waals surface area (Å²) in [6.45, 7) is 2.16. The van der Waals surface area contributed by atoms with E-state index < -0.39 is 0 Å². The fourth-order valence-corrected chi connectivity index (χ4v) is 6.15. The van der Waals surface area contributed by atoms with E-state index in [-0.39, 0.29) is 0 Å². The van der Waals surface area contributed by atoms with Crippen LogP contribution in [0.2, 0.25) is 0 Å². The molecule has 0 amide bonds. The van der Waals surface area contributed by atoms with Crippen molar-refractivity contribution in [3.63, 3.8) is 0 Å². The van der Waals surface area contributed by atoms with Gasteiger partial charge in [0.2, 0.25) is 0 Å². The number of furan rings is 1. The Kier molecular flexibility index (Phi) is 4.77. The summed E-state index contributed by atoms with van der Waals surface area (Å²) in [6, 6.07) is 47.6. The standard InChI is InChI=1S/C37H25NO/c1-24-21-22-35-32(23-24)28-14-5-8-19-34(28)38(35)33-18-7-4-13-27(33)25-11-2-3-12-26(25)30-16-10-17-31-29-15-6-9-20-36(29)39-37(30)31/h2-23H,1H3. The molecule has 0 saturated carbocycles. The minimum atomic E-state index is 0.915. The van der Waals surface area contributed by atoms with Gasteiger partial charge in [-0.25, -0.2) is 0 Å². The Morgan fingerprint density at radius 3 is 1.95 bits per heavy atom. The predicted octanol–water partition coefficient (Wildman–Crippen LogP) is 10.3. The van der Waals surface area contributed by atoms with E-state index in [2.05, 4.69) is 133 Å². The summed E-state index contributed by atoms with van der Waals surface area (Å²) in [5.41, 5.74) is 11.3. The highest BCUT2D eigenvalue weighted by Crippen LogP contribution is 2.42. The summed E-state index contributed by atoms with van der Waals surface area (Å²) in [5.74, 6) is 0. The van der Waals surface area contributed by atoms with E-state index in [1.807, 2.05) is 12.1 Å². The Morgan fingerprint density at radius 1 is 0.462 bits per heavy atom. The van der Waals surface area contributed by atoms with Gasteiger partial charge in [0.05, 0.1) is 16.7 Å². The summed E-state index contributed by atoms with van der Waals surface area (Å²) in [4.78, 5) is 0. The highest BCUT2D eigenvalue weighted by molar-refractivity contribution is 6.12. The quantitative estimate of drug-likeness (QED) is 0.236. The first-order valence-electron chi connectivity index (χ1n) is 13.4. The van der Waals surface area contributed by atoms with Gasteiger partial charge in [-0.3, -0.25) is 0 Å². The normalized spacial score (nSPS) is 11.7. The first-order valence-corrected chi connectivity index (χ1v) is 13.4. The molecule has 8 aromatic rings. The fraction of sp³-hybridized carbons (Fsp3) is 0.0270. The van der Waals surface area contributed by atoms with Crippen LogP contribution in [0.15, 0.2) is 138 Å². The molecular formula is C37H25NO. The Morgan fingerprint density at radius 2 is 1.08 bits per heavy atom. The molecule has 0 aliphatic rings. The predicted molar refractivity (Wildman–Crippen MR) is 164 cm³/mol. The number of benzene rings is 6. The third kappa shape index (κ3) is 3.28. The number of para-hydroxylation sites is 4. The van der Waals surface area contributed by atoms with Crippen molar-refractivity contribution in [2.24, 2.45) is 0 Å². The summed E-state index contributed by atoms with van der Waals surface area (Å²) < 4.78 is 8.87. The molecular weight excluding hydrogens is 474 g/mol. The molecule has 0 aliphatic carbocycles. The summed E-state index contributed by atoms with van der Waals surface area (Å²) in [5, 5.41) is 4.84. The summed E-state index contributed by atoms with van der Waals surface area (Å²) in [7, 11) is 0. The van der Waals surface area contributed by atoms with Crippen LogP contribution in [-0.2, 0) is 0 Å². The highest BCUT2D eigenvalue weighted by atomic mass is 16.3. The smallest absolute Gasteiger partial charge is 0.143 e. The first kappa shape index (κ1) is 22.0. The van der Waals surface area contributed by atoms with Crippen molar-refractivity contribution in [1.82, 2.24) is 4.57 Å². The molecule has 2 nitrogen and oxygen atoms in total. The maximum absolute atomic E-state index is 6.45. The number of nitrogens with zero attached hydrogens (tertiary/aromatic N) is 1. The van der Waals surface area contributed by atoms with Crippen molar-refractivity contribution >= 4 is 43.7 Å². The maximum atomic E-state index is 6.45. The van der Waals surface area contributed by atoms with Gasteiger partial charge in [0.15, 0.2) is 0 Å². The lowest BCUT2D eigenvalue weighted by molar-refractivity contribution is 0.670. The van der Waals surface area contributed by atoms with Crippen LogP contribution in [0.1, 0.15) is 5.56 Å². The van der Waals surface area contributed by atoms with Crippen molar-refractivity contribution < 1.29 is 4.42 Å². The molecule has 0 atom stereocenters. The van der Waals surface area contributed by atoms with Crippen LogP contribution in [-0.4, -0.2) is 4.57 Å². The zero-order valence-electron chi connectivity index (χ0n) is 21.6. The van der Waals surface area contributed by atoms with E-state index in [4.69, 9.17) is 4.42 Å². The molecule has 8 rings (SSSR count). The molecule has 184 valence electrons. The van der Waals surface area contributed by atoms with Crippen molar-refractivity contribution in [2.75, 3.05) is 0 Å². The van der Waals surface area contributed by atoms with Gasteiger partial charge < -0.3 is 8.98 Å². The van der Waals surface area contributed by atoms with Crippen LogP contribution in [0.3, 0.4) is 0 Å². The lowest BCUT2D eigenvalue weighted by Crippen LogP contribution is -1.98. The lowest BCUT2D eigenvalue weighted by Gasteiger charge is -2.17. The molecule has 0 aliphatic heterocycles. The van der Waals surface area contributed by atoms with E-state index in [1.54, 1.807) is 0 Å². The summed E-state index contributed by atoms with van der Waals surface area (Å²) >= 11 is 0. The Balaban J connectivity index is 1.43. The zero-order chi connectivity index (χ0) is 25.9. The van der Waals surface area contributed by atoms with Gasteiger partial charge in [0.25, 0.3) is 0 Å². The van der Waals surface area contributed by atoms with Gasteiger partial charge in [0, 0.05) is 32.7 Å². The van der Waals surface area contributed by atoms with Crippen molar-refractivity contribution in [2.45, 2.75) is 6.92 Å². The molecule has 0 unspecified atom stereocenters. The van der Waals surface area contributed by atoms with Gasteiger partial charge in [-0.05, 0) is 48.4 Å². The number of aryl methyl sites for hydroxylation is 1. The van der Waals surface area contributed by atoms with E-state index in [1.165, 1.54) is 38.5 Å². The molecule has 0 radical (unpaired) electrons. The Labute approximate surface area is 226 Å². The Hall–Kier alpha value is -5.08. The number of hydrogen-bond donors (Lipinski definition) is 0. The number of hydrogen-bond acceptors (Lipinski definition) is 1. The van der Waals surface area contributed by atoms with Crippen molar-refractivity contribution in [1.29, 1.82) is 0 Å². The zero-order valence-corrected chi connectivity index (χ0v) is 21.6. The molecule has 0 N–H and O–H groups in total. The molecule has 2 heteroatoms. The van der Waals surface area contributed by atoms with Crippen LogP contribution >= 0.6 is 0 Å². The number of rotatable bonds is 3. The summed E-state index contributed by atoms with van der Waals surface area (Å²) in [6.07, 6.45) is 0. The average molecular weight is 500 g/mol. The van der Waals surface area contributed by atoms with E-state index in [0.717, 1.165) is 38.8 Å². The molecule has 2 aromatic heterocycles. The number of fused-ring (bicyclic) bond motifs is 6. The van der Waals surface area contributed by atoms with E-state index in [9.17, 15) is 0 Å². The van der Waals surface area contributed by atoms with Crippen LogP contribution in [0.5, 0.6) is 0 Å². The largest absolute Gasteiger partial charge is 0.455 e. The molecule has 0 fully saturated rings. The SMILES string of the molecule is Cc1ccc2c(c1)c1ccccc1n2-c1ccccc1-c1ccccc1-c1cccc2c1oc1ccccc12. The van der Waals surface area contributed by atoms with E-state index in [0.29, 0.717) is 0 Å². The topological polar surface area (TPSA) is 18.1 Å². The van der Waals surface area contributed by atoms with Gasteiger partial charge in [-0.1, -0.05) is 109 Å². The second-order valence-electron chi connectivity index (χ2n) is 10.2. The van der Waals surface area contributed by atoms with Gasteiger partial charge in [-0.2, -0.15) is 0 Å². The van der Waals surface area contributed by atoms with Gasteiger partial charge in [0.1, 0.15) is 11.2 Å². The first-order chi connectivity index (χ1) is 19.3. The van der Waals surface area contributed by atoms with Crippen LogP contribution in [0.25, 0.3) is 71.7 Å². The molecule has 0 spiro atoms. The van der Waals surface area contributed by atoms with Crippen molar-refractivity contribution in [3.05, 3.63) is 139 Å². The maximum Gasteiger partial charge on any atom is 0.143 e. The third-order valence-corrected chi connectivity index (χ3v) is 7.88. The Bertz CT molecular complexity index is 2190. The minimum absolute atomic E-state index is 0.915. The van der Waals surface area contributed by atoms with Crippen LogP contribution in [0.4, 0.5) is 0 Å². The lowest BCUT2D eigenvalue weighted by atomic mass is 9.92.